The van der Waals surface area contributed by atoms with E-state index in [0.29, 0.717) is 30.8 Å². The van der Waals surface area contributed by atoms with Gasteiger partial charge in [0.1, 0.15) is 0 Å². The molecule has 0 aromatic carbocycles. The lowest BCUT2D eigenvalue weighted by molar-refractivity contribution is 0.0830. The molecule has 2 saturated heterocycles. The lowest BCUT2D eigenvalue weighted by Gasteiger charge is -2.30. The Morgan fingerprint density at radius 2 is 1.93 bits per heavy atom. The highest BCUT2D eigenvalue weighted by molar-refractivity contribution is 7.89. The molecular weight excluding hydrogens is 382 g/mol. The summed E-state index contributed by atoms with van der Waals surface area (Å²) in [5, 5.41) is 4.27. The zero-order valence-electron chi connectivity index (χ0n) is 16.2. The first-order chi connectivity index (χ1) is 13.5. The van der Waals surface area contributed by atoms with Gasteiger partial charge < -0.3 is 13.8 Å². The van der Waals surface area contributed by atoms with Crippen molar-refractivity contribution in [3.63, 3.8) is 0 Å². The van der Waals surface area contributed by atoms with E-state index >= 15 is 0 Å². The van der Waals surface area contributed by atoms with Crippen LogP contribution in [0, 0.1) is 5.92 Å². The highest BCUT2D eigenvalue weighted by Gasteiger charge is 2.31. The van der Waals surface area contributed by atoms with Crippen molar-refractivity contribution in [3.8, 4) is 0 Å². The Bertz CT molecular complexity index is 879. The number of rotatable bonds is 6. The zero-order valence-corrected chi connectivity index (χ0v) is 17.0. The fraction of sp³-hybridized carbons (Fsp3) is 0.722. The molecule has 10 heteroatoms. The molecule has 0 saturated carbocycles. The van der Waals surface area contributed by atoms with E-state index in [9.17, 15) is 8.42 Å². The van der Waals surface area contributed by atoms with Crippen LogP contribution in [0.1, 0.15) is 49.7 Å². The fourth-order valence-corrected chi connectivity index (χ4v) is 5.35. The largest absolute Gasteiger partial charge is 0.381 e. The molecule has 0 N–H and O–H groups in total. The average molecular weight is 410 g/mol. The summed E-state index contributed by atoms with van der Waals surface area (Å²) in [6.45, 7) is 2.57. The molecule has 2 aliphatic heterocycles. The van der Waals surface area contributed by atoms with Crippen molar-refractivity contribution in [1.82, 2.24) is 24.0 Å². The second-order valence-electron chi connectivity index (χ2n) is 7.70. The summed E-state index contributed by atoms with van der Waals surface area (Å²) in [5.41, 5.74) is 0. The Hall–Kier alpha value is -1.78. The average Bonchev–Trinajstić information content (AvgIpc) is 3.37. The van der Waals surface area contributed by atoms with Gasteiger partial charge in [0, 0.05) is 51.9 Å². The summed E-state index contributed by atoms with van der Waals surface area (Å²) < 4.78 is 39.3. The van der Waals surface area contributed by atoms with Crippen LogP contribution in [-0.2, 0) is 28.2 Å². The van der Waals surface area contributed by atoms with E-state index in [1.807, 2.05) is 0 Å². The predicted molar refractivity (Wildman–Crippen MR) is 100 cm³/mol. The molecule has 154 valence electrons. The Morgan fingerprint density at radius 3 is 2.61 bits per heavy atom. The van der Waals surface area contributed by atoms with Gasteiger partial charge >= 0.3 is 0 Å². The Kier molecular flexibility index (Phi) is 5.79. The van der Waals surface area contributed by atoms with Crippen molar-refractivity contribution in [2.24, 2.45) is 13.0 Å². The molecule has 2 aromatic heterocycles. The van der Waals surface area contributed by atoms with Crippen molar-refractivity contribution in [2.75, 3.05) is 26.3 Å². The van der Waals surface area contributed by atoms with Crippen LogP contribution < -0.4 is 0 Å². The third-order valence-corrected chi connectivity index (χ3v) is 7.48. The molecule has 0 radical (unpaired) electrons. The number of sulfonamides is 1. The van der Waals surface area contributed by atoms with Crippen molar-refractivity contribution in [1.29, 1.82) is 0 Å². The molecule has 0 bridgehead atoms. The van der Waals surface area contributed by atoms with Crippen molar-refractivity contribution < 1.29 is 17.7 Å². The highest BCUT2D eigenvalue weighted by Crippen LogP contribution is 2.27. The van der Waals surface area contributed by atoms with Crippen molar-refractivity contribution in [2.45, 2.75) is 49.5 Å². The quantitative estimate of drug-likeness (QED) is 0.716. The molecule has 4 heterocycles. The lowest BCUT2D eigenvalue weighted by Crippen LogP contribution is -2.38. The number of hydrogen-bond acceptors (Lipinski definition) is 7. The second-order valence-corrected chi connectivity index (χ2v) is 9.58. The van der Waals surface area contributed by atoms with Gasteiger partial charge in [0.25, 0.3) is 10.0 Å². The van der Waals surface area contributed by atoms with Crippen LogP contribution in [0.3, 0.4) is 0 Å². The first kappa shape index (κ1) is 19.5. The number of hydrogen-bond donors (Lipinski definition) is 0. The number of ether oxygens (including phenoxy) is 1. The second kappa shape index (κ2) is 8.30. The van der Waals surface area contributed by atoms with E-state index < -0.39 is 10.0 Å². The van der Waals surface area contributed by atoms with Gasteiger partial charge in [-0.15, -0.1) is 0 Å². The van der Waals surface area contributed by atoms with E-state index in [1.165, 1.54) is 6.33 Å². The summed E-state index contributed by atoms with van der Waals surface area (Å²) in [6, 6.07) is 0. The highest BCUT2D eigenvalue weighted by atomic mass is 32.2. The fourth-order valence-electron chi connectivity index (χ4n) is 3.91. The van der Waals surface area contributed by atoms with Crippen LogP contribution in [0.4, 0.5) is 0 Å². The Labute approximate surface area is 165 Å². The van der Waals surface area contributed by atoms with E-state index in [4.69, 9.17) is 9.26 Å². The maximum Gasteiger partial charge on any atom is 0.262 e. The first-order valence-corrected chi connectivity index (χ1v) is 11.3. The van der Waals surface area contributed by atoms with Gasteiger partial charge in [-0.05, 0) is 38.0 Å². The SMILES string of the molecule is Cn1cnc(S(=O)(=O)N2CCC(CCc3nc(C4CCOCC4)no3)CC2)c1. The molecule has 2 fully saturated rings. The van der Waals surface area contributed by atoms with Gasteiger partial charge in [0.05, 0.1) is 6.33 Å². The van der Waals surface area contributed by atoms with Gasteiger partial charge in [0.2, 0.25) is 5.89 Å². The predicted octanol–water partition coefficient (Wildman–Crippen LogP) is 1.73. The molecule has 0 atom stereocenters. The molecule has 0 spiro atoms. The summed E-state index contributed by atoms with van der Waals surface area (Å²) in [6.07, 6.45) is 8.32. The van der Waals surface area contributed by atoms with Crippen molar-refractivity contribution in [3.05, 3.63) is 24.2 Å². The third kappa shape index (κ3) is 4.28. The summed E-state index contributed by atoms with van der Waals surface area (Å²) >= 11 is 0. The number of aromatic nitrogens is 4. The Morgan fingerprint density at radius 1 is 1.18 bits per heavy atom. The monoisotopic (exact) mass is 409 g/mol. The molecule has 0 amide bonds. The maximum absolute atomic E-state index is 12.6. The summed E-state index contributed by atoms with van der Waals surface area (Å²) in [4.78, 5) is 8.56. The van der Waals surface area contributed by atoms with Gasteiger partial charge in [-0.1, -0.05) is 5.16 Å². The van der Waals surface area contributed by atoms with Crippen LogP contribution >= 0.6 is 0 Å². The molecule has 0 unspecified atom stereocenters. The number of nitrogens with zero attached hydrogens (tertiary/aromatic N) is 5. The minimum absolute atomic E-state index is 0.125. The van der Waals surface area contributed by atoms with Crippen LogP contribution in [0.2, 0.25) is 0 Å². The number of aryl methyl sites for hydroxylation is 2. The Balaban J connectivity index is 1.26. The van der Waals surface area contributed by atoms with Crippen LogP contribution in [0.25, 0.3) is 0 Å². The topological polar surface area (TPSA) is 103 Å². The van der Waals surface area contributed by atoms with Crippen LogP contribution in [0.5, 0.6) is 0 Å². The van der Waals surface area contributed by atoms with E-state index in [-0.39, 0.29) is 5.03 Å². The molecule has 0 aliphatic carbocycles. The standard InChI is InChI=1S/C18H27N5O4S/c1-22-12-17(19-13-22)28(24,25)23-8-4-14(5-9-23)2-3-16-20-18(21-27-16)15-6-10-26-11-7-15/h12-15H,2-11H2,1H3. The smallest absolute Gasteiger partial charge is 0.262 e. The molecule has 9 nitrogen and oxygen atoms in total. The number of piperidine rings is 1. The van der Waals surface area contributed by atoms with E-state index in [1.54, 1.807) is 22.1 Å². The zero-order chi connectivity index (χ0) is 19.6. The van der Waals surface area contributed by atoms with Gasteiger partial charge in [-0.25, -0.2) is 13.4 Å². The molecule has 28 heavy (non-hydrogen) atoms. The number of imidazole rings is 1. The third-order valence-electron chi connectivity index (χ3n) is 5.70. The van der Waals surface area contributed by atoms with Gasteiger partial charge in [0.15, 0.2) is 10.9 Å². The van der Waals surface area contributed by atoms with Crippen molar-refractivity contribution >= 4 is 10.0 Å². The van der Waals surface area contributed by atoms with Crippen LogP contribution in [0.15, 0.2) is 22.1 Å². The van der Waals surface area contributed by atoms with Gasteiger partial charge in [-0.3, -0.25) is 0 Å². The minimum Gasteiger partial charge on any atom is -0.381 e. The maximum atomic E-state index is 12.6. The molecule has 2 aromatic rings. The minimum atomic E-state index is -3.49. The lowest BCUT2D eigenvalue weighted by atomic mass is 9.93. The van der Waals surface area contributed by atoms with Gasteiger partial charge in [-0.2, -0.15) is 9.29 Å². The van der Waals surface area contributed by atoms with Crippen LogP contribution in [-0.4, -0.2) is 58.7 Å². The molecule has 2 aliphatic rings. The summed E-state index contributed by atoms with van der Waals surface area (Å²) in [7, 11) is -1.72. The molecular formula is C18H27N5O4S. The normalized spacial score (nSPS) is 20.6. The summed E-state index contributed by atoms with van der Waals surface area (Å²) in [5.74, 6) is 2.29. The van der Waals surface area contributed by atoms with E-state index in [2.05, 4.69) is 15.1 Å². The first-order valence-electron chi connectivity index (χ1n) is 9.90. The molecule has 4 rings (SSSR count). The van der Waals surface area contributed by atoms with E-state index in [0.717, 1.165) is 57.6 Å².